The molecule has 1 N–H and O–H groups in total. The molecule has 1 aliphatic heterocycles. The SMILES string of the molecule is CNC=CC(=O)c1nn(-c2ccc(S(=O)(=O)N3CCOCC3)cc2)ccc1=O. The third-order valence-corrected chi connectivity index (χ3v) is 6.06. The number of hydrogen-bond acceptors (Lipinski definition) is 7. The molecule has 148 valence electrons. The third-order valence-electron chi connectivity index (χ3n) is 4.15. The van der Waals surface area contributed by atoms with Crippen LogP contribution in [0.5, 0.6) is 0 Å². The largest absolute Gasteiger partial charge is 0.394 e. The number of ether oxygens (including phenoxy) is 1. The summed E-state index contributed by atoms with van der Waals surface area (Å²) in [5, 5.41) is 6.75. The molecule has 0 bridgehead atoms. The number of aromatic nitrogens is 2. The Balaban J connectivity index is 1.88. The second-order valence-electron chi connectivity index (χ2n) is 5.97. The highest BCUT2D eigenvalue weighted by atomic mass is 32.2. The topological polar surface area (TPSA) is 111 Å². The van der Waals surface area contributed by atoms with Crippen molar-refractivity contribution in [2.24, 2.45) is 0 Å². The Kier molecular flexibility index (Phi) is 6.02. The molecule has 28 heavy (non-hydrogen) atoms. The summed E-state index contributed by atoms with van der Waals surface area (Å²) in [5.74, 6) is -0.528. The number of morpholine rings is 1. The fraction of sp³-hybridized carbons (Fsp3) is 0.278. The Morgan fingerprint density at radius 1 is 1.18 bits per heavy atom. The summed E-state index contributed by atoms with van der Waals surface area (Å²) in [5.41, 5.74) is -0.194. The van der Waals surface area contributed by atoms with E-state index < -0.39 is 21.2 Å². The fourth-order valence-corrected chi connectivity index (χ4v) is 4.07. The van der Waals surface area contributed by atoms with Gasteiger partial charge in [0, 0.05) is 44.7 Å². The van der Waals surface area contributed by atoms with Crippen LogP contribution >= 0.6 is 0 Å². The van der Waals surface area contributed by atoms with Gasteiger partial charge in [-0.1, -0.05) is 0 Å². The molecule has 0 atom stereocenters. The lowest BCUT2D eigenvalue weighted by Gasteiger charge is -2.26. The van der Waals surface area contributed by atoms with Crippen LogP contribution in [0.25, 0.3) is 5.69 Å². The molecule has 2 heterocycles. The van der Waals surface area contributed by atoms with E-state index in [4.69, 9.17) is 4.74 Å². The minimum Gasteiger partial charge on any atom is -0.394 e. The zero-order valence-corrected chi connectivity index (χ0v) is 16.1. The highest BCUT2D eigenvalue weighted by molar-refractivity contribution is 7.89. The number of nitrogens with zero attached hydrogens (tertiary/aromatic N) is 3. The molecule has 0 radical (unpaired) electrons. The van der Waals surface area contributed by atoms with E-state index in [1.54, 1.807) is 19.2 Å². The van der Waals surface area contributed by atoms with E-state index in [1.807, 2.05) is 0 Å². The van der Waals surface area contributed by atoms with Crippen LogP contribution in [0.3, 0.4) is 0 Å². The monoisotopic (exact) mass is 404 g/mol. The van der Waals surface area contributed by atoms with Gasteiger partial charge in [0.1, 0.15) is 0 Å². The standard InChI is InChI=1S/C18H20N4O5S/c1-19-8-6-16(23)18-17(24)7-9-22(20-18)14-2-4-15(5-3-14)28(25,26)21-10-12-27-13-11-21/h2-9,19H,10-13H2,1H3. The molecule has 1 saturated heterocycles. The van der Waals surface area contributed by atoms with Gasteiger partial charge in [-0.25, -0.2) is 13.1 Å². The zero-order valence-electron chi connectivity index (χ0n) is 15.2. The van der Waals surface area contributed by atoms with Gasteiger partial charge in [0.15, 0.2) is 5.69 Å². The highest BCUT2D eigenvalue weighted by Gasteiger charge is 2.26. The maximum Gasteiger partial charge on any atom is 0.243 e. The van der Waals surface area contributed by atoms with Gasteiger partial charge in [-0.3, -0.25) is 9.59 Å². The maximum absolute atomic E-state index is 12.7. The molecule has 0 aliphatic carbocycles. The maximum atomic E-state index is 12.7. The Morgan fingerprint density at radius 2 is 1.86 bits per heavy atom. The van der Waals surface area contributed by atoms with Crippen molar-refractivity contribution in [3.8, 4) is 5.69 Å². The number of nitrogens with one attached hydrogen (secondary N) is 1. The van der Waals surface area contributed by atoms with E-state index in [0.29, 0.717) is 32.0 Å². The predicted octanol–water partition coefficient (Wildman–Crippen LogP) is 0.169. The van der Waals surface area contributed by atoms with Gasteiger partial charge >= 0.3 is 0 Å². The number of benzene rings is 1. The molecule has 10 heteroatoms. The van der Waals surface area contributed by atoms with Gasteiger partial charge in [0.05, 0.1) is 23.8 Å². The molecule has 1 fully saturated rings. The lowest BCUT2D eigenvalue weighted by molar-refractivity contribution is 0.0730. The van der Waals surface area contributed by atoms with Gasteiger partial charge in [-0.2, -0.15) is 9.40 Å². The number of carbonyl (C=O) groups is 1. The molecule has 1 aliphatic rings. The fourth-order valence-electron chi connectivity index (χ4n) is 2.67. The van der Waals surface area contributed by atoms with E-state index in [1.165, 1.54) is 45.7 Å². The third kappa shape index (κ3) is 4.19. The summed E-state index contributed by atoms with van der Waals surface area (Å²) in [6, 6.07) is 7.33. The van der Waals surface area contributed by atoms with E-state index in [-0.39, 0.29) is 10.6 Å². The molecule has 1 aromatic heterocycles. The predicted molar refractivity (Wildman–Crippen MR) is 102 cm³/mol. The van der Waals surface area contributed by atoms with Crippen molar-refractivity contribution in [1.82, 2.24) is 19.4 Å². The number of rotatable bonds is 6. The molecule has 0 spiro atoms. The Hall–Kier alpha value is -2.82. The van der Waals surface area contributed by atoms with Gasteiger partial charge in [-0.15, -0.1) is 0 Å². The Morgan fingerprint density at radius 3 is 2.50 bits per heavy atom. The molecule has 3 rings (SSSR count). The molecule has 0 amide bonds. The van der Waals surface area contributed by atoms with Crippen LogP contribution in [0.15, 0.2) is 58.5 Å². The Bertz CT molecular complexity index is 1040. The van der Waals surface area contributed by atoms with Crippen molar-refractivity contribution < 1.29 is 17.9 Å². The quantitative estimate of drug-likeness (QED) is 0.540. The second-order valence-corrected chi connectivity index (χ2v) is 7.91. The number of sulfonamides is 1. The second kappa shape index (κ2) is 8.46. The first-order valence-electron chi connectivity index (χ1n) is 8.60. The van der Waals surface area contributed by atoms with Crippen molar-refractivity contribution in [2.75, 3.05) is 33.4 Å². The number of ketones is 1. The molecule has 0 unspecified atom stereocenters. The first-order valence-corrected chi connectivity index (χ1v) is 10.0. The van der Waals surface area contributed by atoms with Crippen LogP contribution in [0, 0.1) is 0 Å². The average Bonchev–Trinajstić information content (AvgIpc) is 2.73. The molecule has 2 aromatic rings. The van der Waals surface area contributed by atoms with Crippen molar-refractivity contribution >= 4 is 15.8 Å². The van der Waals surface area contributed by atoms with Crippen molar-refractivity contribution in [3.05, 3.63) is 64.7 Å². The first kappa shape index (κ1) is 19.9. The van der Waals surface area contributed by atoms with Gasteiger partial charge < -0.3 is 10.1 Å². The molecular formula is C18H20N4O5S. The summed E-state index contributed by atoms with van der Waals surface area (Å²) >= 11 is 0. The summed E-state index contributed by atoms with van der Waals surface area (Å²) in [6.45, 7) is 1.38. The summed E-state index contributed by atoms with van der Waals surface area (Å²) in [4.78, 5) is 24.2. The smallest absolute Gasteiger partial charge is 0.243 e. The van der Waals surface area contributed by atoms with Crippen LogP contribution in [-0.4, -0.2) is 61.6 Å². The molecule has 0 saturated carbocycles. The lowest BCUT2D eigenvalue weighted by Crippen LogP contribution is -2.40. The Labute approximate surface area is 162 Å². The van der Waals surface area contributed by atoms with E-state index >= 15 is 0 Å². The van der Waals surface area contributed by atoms with E-state index in [2.05, 4.69) is 10.4 Å². The van der Waals surface area contributed by atoms with Gasteiger partial charge in [-0.05, 0) is 24.3 Å². The van der Waals surface area contributed by atoms with Crippen LogP contribution in [0.4, 0.5) is 0 Å². The van der Waals surface area contributed by atoms with Gasteiger partial charge in [0.25, 0.3) is 0 Å². The van der Waals surface area contributed by atoms with E-state index in [9.17, 15) is 18.0 Å². The van der Waals surface area contributed by atoms with Crippen LogP contribution in [0.2, 0.25) is 0 Å². The molecule has 1 aromatic carbocycles. The van der Waals surface area contributed by atoms with Crippen molar-refractivity contribution in [2.45, 2.75) is 4.90 Å². The molecule has 9 nitrogen and oxygen atoms in total. The number of carbonyl (C=O) groups excluding carboxylic acids is 1. The van der Waals surface area contributed by atoms with Crippen LogP contribution < -0.4 is 10.7 Å². The van der Waals surface area contributed by atoms with E-state index in [0.717, 1.165) is 0 Å². The highest BCUT2D eigenvalue weighted by Crippen LogP contribution is 2.18. The first-order chi connectivity index (χ1) is 13.4. The summed E-state index contributed by atoms with van der Waals surface area (Å²) < 4.78 is 33.3. The average molecular weight is 404 g/mol. The minimum atomic E-state index is -3.60. The summed E-state index contributed by atoms with van der Waals surface area (Å²) in [7, 11) is -1.96. The van der Waals surface area contributed by atoms with Crippen molar-refractivity contribution in [1.29, 1.82) is 0 Å². The van der Waals surface area contributed by atoms with Gasteiger partial charge in [0.2, 0.25) is 21.2 Å². The van der Waals surface area contributed by atoms with Crippen LogP contribution in [0.1, 0.15) is 10.5 Å². The normalized spacial score (nSPS) is 15.6. The van der Waals surface area contributed by atoms with Crippen LogP contribution in [-0.2, 0) is 14.8 Å². The lowest BCUT2D eigenvalue weighted by atomic mass is 10.2. The summed E-state index contributed by atoms with van der Waals surface area (Å²) in [6.07, 6.45) is 4.05. The number of allylic oxidation sites excluding steroid dienone is 1. The molecular weight excluding hydrogens is 384 g/mol. The zero-order chi connectivity index (χ0) is 20.1. The minimum absolute atomic E-state index is 0.160. The number of hydrogen-bond donors (Lipinski definition) is 1. The van der Waals surface area contributed by atoms with Crippen molar-refractivity contribution in [3.63, 3.8) is 0 Å².